The van der Waals surface area contributed by atoms with Crippen LogP contribution in [0.3, 0.4) is 0 Å². The summed E-state index contributed by atoms with van der Waals surface area (Å²) >= 11 is 0. The number of dihydropyridines is 1. The van der Waals surface area contributed by atoms with E-state index in [1.807, 2.05) is 19.1 Å². The van der Waals surface area contributed by atoms with Crippen LogP contribution in [0.2, 0.25) is 0 Å². The molecular formula is C23H27NO6. The van der Waals surface area contributed by atoms with Crippen LogP contribution in [-0.4, -0.2) is 38.5 Å². The summed E-state index contributed by atoms with van der Waals surface area (Å²) in [5.41, 5.74) is 2.91. The SMILES string of the molecule is CCOC(=O)C1=C(C)NC2=C(C(=O)[C@@H](C(=O)OC)[C@@H](C)C2)[C@@H]1c1ccc(OC)cc1. The first kappa shape index (κ1) is 21.6. The molecule has 1 aromatic carbocycles. The van der Waals surface area contributed by atoms with Crippen molar-refractivity contribution in [1.82, 2.24) is 5.32 Å². The van der Waals surface area contributed by atoms with E-state index in [2.05, 4.69) is 5.32 Å². The van der Waals surface area contributed by atoms with Crippen LogP contribution in [0.4, 0.5) is 0 Å². The molecule has 30 heavy (non-hydrogen) atoms. The van der Waals surface area contributed by atoms with Crippen molar-refractivity contribution in [3.8, 4) is 5.75 Å². The van der Waals surface area contributed by atoms with Crippen molar-refractivity contribution in [3.05, 3.63) is 52.4 Å². The Morgan fingerprint density at radius 2 is 1.83 bits per heavy atom. The van der Waals surface area contributed by atoms with Gasteiger partial charge in [-0.3, -0.25) is 9.59 Å². The lowest BCUT2D eigenvalue weighted by Gasteiger charge is -2.38. The van der Waals surface area contributed by atoms with Crippen molar-refractivity contribution in [1.29, 1.82) is 0 Å². The Hall–Kier alpha value is -3.09. The zero-order valence-corrected chi connectivity index (χ0v) is 17.9. The fraction of sp³-hybridized carbons (Fsp3) is 0.435. The number of benzene rings is 1. The second-order valence-electron chi connectivity index (χ2n) is 7.53. The smallest absolute Gasteiger partial charge is 0.336 e. The minimum absolute atomic E-state index is 0.215. The van der Waals surface area contributed by atoms with Crippen molar-refractivity contribution >= 4 is 17.7 Å². The zero-order chi connectivity index (χ0) is 22.0. The molecule has 0 aromatic heterocycles. The normalized spacial score (nSPS) is 23.5. The van der Waals surface area contributed by atoms with Gasteiger partial charge in [-0.1, -0.05) is 19.1 Å². The third-order valence-electron chi connectivity index (χ3n) is 5.69. The predicted octanol–water partition coefficient (Wildman–Crippen LogP) is 2.87. The number of esters is 2. The molecule has 1 heterocycles. The van der Waals surface area contributed by atoms with Gasteiger partial charge in [0.05, 0.1) is 26.4 Å². The number of allylic oxidation sites excluding steroid dienone is 3. The van der Waals surface area contributed by atoms with Crippen LogP contribution in [0.25, 0.3) is 0 Å². The molecule has 1 aliphatic carbocycles. The molecule has 0 saturated carbocycles. The van der Waals surface area contributed by atoms with Crippen LogP contribution >= 0.6 is 0 Å². The van der Waals surface area contributed by atoms with Crippen molar-refractivity contribution in [2.75, 3.05) is 20.8 Å². The van der Waals surface area contributed by atoms with Gasteiger partial charge in [-0.05, 0) is 43.9 Å². The van der Waals surface area contributed by atoms with Crippen LogP contribution in [0, 0.1) is 11.8 Å². The lowest BCUT2D eigenvalue weighted by atomic mass is 9.69. The molecule has 0 amide bonds. The highest BCUT2D eigenvalue weighted by atomic mass is 16.5. The van der Waals surface area contributed by atoms with E-state index < -0.39 is 23.8 Å². The largest absolute Gasteiger partial charge is 0.497 e. The van der Waals surface area contributed by atoms with E-state index in [-0.39, 0.29) is 18.3 Å². The highest BCUT2D eigenvalue weighted by Crippen LogP contribution is 2.45. The van der Waals surface area contributed by atoms with Crippen LogP contribution in [0.5, 0.6) is 5.75 Å². The molecular weight excluding hydrogens is 386 g/mol. The van der Waals surface area contributed by atoms with E-state index in [9.17, 15) is 14.4 Å². The first-order chi connectivity index (χ1) is 14.3. The minimum Gasteiger partial charge on any atom is -0.497 e. The lowest BCUT2D eigenvalue weighted by molar-refractivity contribution is -0.151. The van der Waals surface area contributed by atoms with E-state index in [0.717, 1.165) is 11.3 Å². The summed E-state index contributed by atoms with van der Waals surface area (Å²) in [4.78, 5) is 38.7. The molecule has 0 saturated heterocycles. The lowest BCUT2D eigenvalue weighted by Crippen LogP contribution is -2.43. The summed E-state index contributed by atoms with van der Waals surface area (Å²) in [5, 5.41) is 3.23. The van der Waals surface area contributed by atoms with Gasteiger partial charge in [0.1, 0.15) is 11.7 Å². The van der Waals surface area contributed by atoms with E-state index in [1.54, 1.807) is 33.1 Å². The number of methoxy groups -OCH3 is 2. The summed E-state index contributed by atoms with van der Waals surface area (Å²) in [6.07, 6.45) is 0.501. The third kappa shape index (κ3) is 3.72. The van der Waals surface area contributed by atoms with Gasteiger partial charge in [-0.15, -0.1) is 0 Å². The van der Waals surface area contributed by atoms with Gasteiger partial charge in [0.2, 0.25) is 0 Å². The Labute approximate surface area is 176 Å². The summed E-state index contributed by atoms with van der Waals surface area (Å²) in [5.74, 6) is -2.47. The maximum Gasteiger partial charge on any atom is 0.336 e. The Morgan fingerprint density at radius 3 is 2.40 bits per heavy atom. The zero-order valence-electron chi connectivity index (χ0n) is 17.9. The van der Waals surface area contributed by atoms with Crippen molar-refractivity contribution in [2.24, 2.45) is 11.8 Å². The van der Waals surface area contributed by atoms with Crippen LogP contribution in [0.15, 0.2) is 46.8 Å². The maximum atomic E-state index is 13.5. The molecule has 0 fully saturated rings. The van der Waals surface area contributed by atoms with E-state index in [4.69, 9.17) is 14.2 Å². The number of carbonyl (C=O) groups is 3. The minimum atomic E-state index is -0.904. The predicted molar refractivity (Wildman–Crippen MR) is 110 cm³/mol. The summed E-state index contributed by atoms with van der Waals surface area (Å²) in [6.45, 7) is 5.60. The van der Waals surface area contributed by atoms with Crippen molar-refractivity contribution in [3.63, 3.8) is 0 Å². The molecule has 0 unspecified atom stereocenters. The third-order valence-corrected chi connectivity index (χ3v) is 5.69. The molecule has 0 radical (unpaired) electrons. The van der Waals surface area contributed by atoms with Crippen LogP contribution in [0.1, 0.15) is 38.7 Å². The molecule has 3 rings (SSSR count). The number of rotatable bonds is 5. The second kappa shape index (κ2) is 8.73. The highest BCUT2D eigenvalue weighted by molar-refractivity contribution is 6.12. The molecule has 1 aromatic rings. The van der Waals surface area contributed by atoms with Crippen molar-refractivity contribution in [2.45, 2.75) is 33.1 Å². The van der Waals surface area contributed by atoms with Gasteiger partial charge in [0, 0.05) is 22.9 Å². The Morgan fingerprint density at radius 1 is 1.17 bits per heavy atom. The van der Waals surface area contributed by atoms with E-state index in [0.29, 0.717) is 29.0 Å². The molecule has 7 nitrogen and oxygen atoms in total. The Kier molecular flexibility index (Phi) is 6.29. The van der Waals surface area contributed by atoms with Gasteiger partial charge in [0.25, 0.3) is 0 Å². The standard InChI is InChI=1S/C23H27NO6/c1-6-30-23(27)18-13(3)24-16-11-12(2)17(22(26)29-5)21(25)20(16)19(18)14-7-9-15(28-4)10-8-14/h7-10,12,17,19,24H,6,11H2,1-5H3/t12-,17-,19+/m0/s1. The van der Waals surface area contributed by atoms with Gasteiger partial charge in [-0.2, -0.15) is 0 Å². The average molecular weight is 413 g/mol. The van der Waals surface area contributed by atoms with Gasteiger partial charge < -0.3 is 19.5 Å². The number of ketones is 1. The summed E-state index contributed by atoms with van der Waals surface area (Å²) in [6, 6.07) is 7.21. The van der Waals surface area contributed by atoms with Crippen LogP contribution < -0.4 is 10.1 Å². The average Bonchev–Trinajstić information content (AvgIpc) is 2.72. The molecule has 7 heteroatoms. The summed E-state index contributed by atoms with van der Waals surface area (Å²) in [7, 11) is 2.85. The Bertz CT molecular complexity index is 928. The molecule has 1 aliphatic heterocycles. The van der Waals surface area contributed by atoms with E-state index >= 15 is 0 Å². The number of nitrogens with one attached hydrogen (secondary N) is 1. The molecule has 1 N–H and O–H groups in total. The van der Waals surface area contributed by atoms with E-state index in [1.165, 1.54) is 7.11 Å². The fourth-order valence-electron chi connectivity index (χ4n) is 4.29. The van der Waals surface area contributed by atoms with Crippen LogP contribution in [-0.2, 0) is 23.9 Å². The second-order valence-corrected chi connectivity index (χ2v) is 7.53. The van der Waals surface area contributed by atoms with Gasteiger partial charge in [0.15, 0.2) is 5.78 Å². The number of ether oxygens (including phenoxy) is 3. The molecule has 2 aliphatic rings. The molecule has 3 atom stereocenters. The molecule has 0 spiro atoms. The topological polar surface area (TPSA) is 90.9 Å². The first-order valence-electron chi connectivity index (χ1n) is 9.97. The molecule has 0 bridgehead atoms. The highest BCUT2D eigenvalue weighted by Gasteiger charge is 2.47. The van der Waals surface area contributed by atoms with Crippen molar-refractivity contribution < 1.29 is 28.6 Å². The quantitative estimate of drug-likeness (QED) is 0.586. The number of carbonyl (C=O) groups excluding carboxylic acids is 3. The number of hydrogen-bond acceptors (Lipinski definition) is 7. The maximum absolute atomic E-state index is 13.5. The fourth-order valence-corrected chi connectivity index (χ4v) is 4.29. The summed E-state index contributed by atoms with van der Waals surface area (Å²) < 4.78 is 15.4. The van der Waals surface area contributed by atoms with Gasteiger partial charge >= 0.3 is 11.9 Å². The first-order valence-corrected chi connectivity index (χ1v) is 9.97. The number of hydrogen-bond donors (Lipinski definition) is 1. The monoisotopic (exact) mass is 413 g/mol. The number of Topliss-reactive ketones (excluding diaryl/α,β-unsaturated/α-hetero) is 1. The van der Waals surface area contributed by atoms with Gasteiger partial charge in [-0.25, -0.2) is 4.79 Å². The Balaban J connectivity index is 2.17. The molecule has 160 valence electrons.